The first kappa shape index (κ1) is 13.4. The Bertz CT molecular complexity index is 466. The monoisotopic (exact) mass is 262 g/mol. The van der Waals surface area contributed by atoms with Gasteiger partial charge in [-0.05, 0) is 30.4 Å². The minimum atomic E-state index is 0.0737. The normalized spacial score (nSPS) is 17.2. The van der Waals surface area contributed by atoms with Crippen LogP contribution in [0.5, 0.6) is 5.75 Å². The standard InChI is InChI=1S/C14H18N2O3/c17-15-9-12(16-18)10-19-14-8-4-3-7-13(14)11-5-1-2-6-11/h3-4,7-9,11,17-18H,1-2,5-6,10H2/b15-9+,16-12+. The van der Waals surface area contributed by atoms with E-state index in [0.717, 1.165) is 12.0 Å². The summed E-state index contributed by atoms with van der Waals surface area (Å²) in [5.41, 5.74) is 1.38. The molecule has 0 saturated heterocycles. The minimum absolute atomic E-state index is 0.0737. The number of hydrogen-bond acceptors (Lipinski definition) is 5. The maximum absolute atomic E-state index is 8.72. The molecular weight excluding hydrogens is 244 g/mol. The third-order valence-electron chi connectivity index (χ3n) is 3.42. The zero-order valence-electron chi connectivity index (χ0n) is 10.7. The molecule has 1 aromatic carbocycles. The highest BCUT2D eigenvalue weighted by atomic mass is 16.5. The Labute approximate surface area is 112 Å². The van der Waals surface area contributed by atoms with E-state index in [1.54, 1.807) is 0 Å². The minimum Gasteiger partial charge on any atom is -0.487 e. The Kier molecular flexibility index (Phi) is 4.78. The van der Waals surface area contributed by atoms with Gasteiger partial charge >= 0.3 is 0 Å². The van der Waals surface area contributed by atoms with E-state index in [-0.39, 0.29) is 12.3 Å². The molecule has 0 bridgehead atoms. The number of para-hydroxylation sites is 1. The van der Waals surface area contributed by atoms with E-state index in [1.165, 1.54) is 31.2 Å². The second kappa shape index (κ2) is 6.78. The molecule has 0 unspecified atom stereocenters. The highest BCUT2D eigenvalue weighted by molar-refractivity contribution is 6.30. The van der Waals surface area contributed by atoms with Gasteiger partial charge in [-0.25, -0.2) is 0 Å². The van der Waals surface area contributed by atoms with Crippen LogP contribution in [0.4, 0.5) is 0 Å². The molecule has 19 heavy (non-hydrogen) atoms. The van der Waals surface area contributed by atoms with Crippen molar-refractivity contribution in [2.24, 2.45) is 10.3 Å². The maximum Gasteiger partial charge on any atom is 0.138 e. The van der Waals surface area contributed by atoms with Crippen molar-refractivity contribution in [3.63, 3.8) is 0 Å². The third-order valence-corrected chi connectivity index (χ3v) is 3.42. The summed E-state index contributed by atoms with van der Waals surface area (Å²) in [6.07, 6.45) is 5.97. The van der Waals surface area contributed by atoms with Crippen LogP contribution in [0.25, 0.3) is 0 Å². The van der Waals surface area contributed by atoms with Crippen LogP contribution in [0.2, 0.25) is 0 Å². The van der Waals surface area contributed by atoms with Crippen molar-refractivity contribution in [3.05, 3.63) is 29.8 Å². The van der Waals surface area contributed by atoms with Crippen LogP contribution in [-0.4, -0.2) is 28.9 Å². The van der Waals surface area contributed by atoms with Crippen molar-refractivity contribution in [1.82, 2.24) is 0 Å². The van der Waals surface area contributed by atoms with Crippen LogP contribution >= 0.6 is 0 Å². The third kappa shape index (κ3) is 3.47. The van der Waals surface area contributed by atoms with Gasteiger partial charge in [-0.3, -0.25) is 0 Å². The van der Waals surface area contributed by atoms with Crippen molar-refractivity contribution >= 4 is 11.9 Å². The average Bonchev–Trinajstić information content (AvgIpc) is 2.98. The van der Waals surface area contributed by atoms with Crippen LogP contribution in [0.3, 0.4) is 0 Å². The fraction of sp³-hybridized carbons (Fsp3) is 0.429. The number of ether oxygens (including phenoxy) is 1. The van der Waals surface area contributed by atoms with Crippen LogP contribution in [0.1, 0.15) is 37.2 Å². The number of nitrogens with zero attached hydrogens (tertiary/aromatic N) is 2. The largest absolute Gasteiger partial charge is 0.487 e. The molecule has 0 amide bonds. The Hall–Kier alpha value is -2.04. The molecule has 0 spiro atoms. The molecular formula is C14H18N2O3. The highest BCUT2D eigenvalue weighted by Gasteiger charge is 2.20. The predicted octanol–water partition coefficient (Wildman–Crippen LogP) is 3.01. The molecule has 1 fully saturated rings. The lowest BCUT2D eigenvalue weighted by Gasteiger charge is -2.15. The predicted molar refractivity (Wildman–Crippen MR) is 72.6 cm³/mol. The lowest BCUT2D eigenvalue weighted by molar-refractivity contribution is 0.305. The second-order valence-electron chi connectivity index (χ2n) is 4.64. The second-order valence-corrected chi connectivity index (χ2v) is 4.64. The summed E-state index contributed by atoms with van der Waals surface area (Å²) in [5.74, 6) is 1.36. The summed E-state index contributed by atoms with van der Waals surface area (Å²) in [6, 6.07) is 7.93. The van der Waals surface area contributed by atoms with Gasteiger partial charge in [0.25, 0.3) is 0 Å². The molecule has 1 aliphatic carbocycles. The van der Waals surface area contributed by atoms with E-state index in [9.17, 15) is 0 Å². The Morgan fingerprint density at radius 2 is 2.00 bits per heavy atom. The van der Waals surface area contributed by atoms with Crippen molar-refractivity contribution in [1.29, 1.82) is 0 Å². The maximum atomic E-state index is 8.72. The van der Waals surface area contributed by atoms with Gasteiger partial charge in [0.15, 0.2) is 0 Å². The molecule has 0 heterocycles. The SMILES string of the molecule is O/N=C/C(COc1ccccc1C1CCCC1)=N\O. The van der Waals surface area contributed by atoms with Crippen LogP contribution in [-0.2, 0) is 0 Å². The van der Waals surface area contributed by atoms with Crippen LogP contribution in [0, 0.1) is 0 Å². The van der Waals surface area contributed by atoms with Crippen LogP contribution < -0.4 is 4.74 Å². The smallest absolute Gasteiger partial charge is 0.138 e. The van der Waals surface area contributed by atoms with Crippen molar-refractivity contribution < 1.29 is 15.2 Å². The Morgan fingerprint density at radius 1 is 1.26 bits per heavy atom. The summed E-state index contributed by atoms with van der Waals surface area (Å²) in [4.78, 5) is 0. The van der Waals surface area contributed by atoms with E-state index in [0.29, 0.717) is 5.92 Å². The molecule has 1 aromatic rings. The topological polar surface area (TPSA) is 74.4 Å². The van der Waals surface area contributed by atoms with E-state index in [2.05, 4.69) is 16.4 Å². The fourth-order valence-electron chi connectivity index (χ4n) is 2.50. The van der Waals surface area contributed by atoms with E-state index in [4.69, 9.17) is 15.2 Å². The number of benzene rings is 1. The Morgan fingerprint density at radius 3 is 2.68 bits per heavy atom. The molecule has 102 valence electrons. The lowest BCUT2D eigenvalue weighted by Crippen LogP contribution is -2.14. The average molecular weight is 262 g/mol. The van der Waals surface area contributed by atoms with Crippen molar-refractivity contribution in [2.45, 2.75) is 31.6 Å². The van der Waals surface area contributed by atoms with Gasteiger partial charge in [-0.1, -0.05) is 41.4 Å². The molecule has 1 saturated carbocycles. The molecule has 5 heteroatoms. The molecule has 0 atom stereocenters. The first-order chi connectivity index (χ1) is 9.35. The highest BCUT2D eigenvalue weighted by Crippen LogP contribution is 2.38. The van der Waals surface area contributed by atoms with Gasteiger partial charge < -0.3 is 15.2 Å². The summed E-state index contributed by atoms with van der Waals surface area (Å²) in [6.45, 7) is 0.0737. The molecule has 2 N–H and O–H groups in total. The van der Waals surface area contributed by atoms with Gasteiger partial charge in [0.05, 0.1) is 6.21 Å². The molecule has 1 aliphatic rings. The van der Waals surface area contributed by atoms with E-state index in [1.807, 2.05) is 18.2 Å². The summed E-state index contributed by atoms with van der Waals surface area (Å²) >= 11 is 0. The van der Waals surface area contributed by atoms with Gasteiger partial charge in [0.1, 0.15) is 18.1 Å². The number of oxime groups is 2. The van der Waals surface area contributed by atoms with Gasteiger partial charge in [-0.2, -0.15) is 0 Å². The molecule has 5 nitrogen and oxygen atoms in total. The molecule has 2 rings (SSSR count). The summed E-state index contributed by atoms with van der Waals surface area (Å²) in [5, 5.41) is 23.0. The first-order valence-electron chi connectivity index (χ1n) is 6.45. The summed E-state index contributed by atoms with van der Waals surface area (Å²) in [7, 11) is 0. The lowest BCUT2D eigenvalue weighted by atomic mass is 9.97. The molecule has 0 aromatic heterocycles. The first-order valence-corrected chi connectivity index (χ1v) is 6.45. The Balaban J connectivity index is 2.07. The molecule has 0 radical (unpaired) electrons. The zero-order chi connectivity index (χ0) is 13.5. The number of hydrogen-bond donors (Lipinski definition) is 2. The van der Waals surface area contributed by atoms with Gasteiger partial charge in [0, 0.05) is 0 Å². The van der Waals surface area contributed by atoms with E-state index < -0.39 is 0 Å². The van der Waals surface area contributed by atoms with Gasteiger partial charge in [0.2, 0.25) is 0 Å². The number of rotatable bonds is 5. The summed E-state index contributed by atoms with van der Waals surface area (Å²) < 4.78 is 5.66. The van der Waals surface area contributed by atoms with Crippen molar-refractivity contribution in [3.8, 4) is 5.75 Å². The van der Waals surface area contributed by atoms with Gasteiger partial charge in [-0.15, -0.1) is 0 Å². The van der Waals surface area contributed by atoms with E-state index >= 15 is 0 Å². The zero-order valence-corrected chi connectivity index (χ0v) is 10.7. The van der Waals surface area contributed by atoms with Crippen LogP contribution in [0.15, 0.2) is 34.6 Å². The fourth-order valence-corrected chi connectivity index (χ4v) is 2.50. The quantitative estimate of drug-likeness (QED) is 0.486. The molecule has 0 aliphatic heterocycles. The van der Waals surface area contributed by atoms with Crippen molar-refractivity contribution in [2.75, 3.05) is 6.61 Å².